The second kappa shape index (κ2) is 5.12. The van der Waals surface area contributed by atoms with E-state index >= 15 is 0 Å². The average Bonchev–Trinajstić information content (AvgIpc) is 2.79. The molecule has 0 aliphatic rings. The fourth-order valence-electron chi connectivity index (χ4n) is 1.77. The van der Waals surface area contributed by atoms with Crippen LogP contribution in [0.3, 0.4) is 0 Å². The smallest absolute Gasteiger partial charge is 0.170 e. The maximum Gasteiger partial charge on any atom is 0.170 e. The number of fused-ring (bicyclic) bond motifs is 1. The quantitative estimate of drug-likeness (QED) is 0.723. The van der Waals surface area contributed by atoms with Crippen LogP contribution in [-0.2, 0) is 6.54 Å². The SMILES string of the molecule is Fc1ccccc1CNc1ccn2ncc(I)c2n1. The molecule has 2 heterocycles. The van der Waals surface area contributed by atoms with Crippen molar-refractivity contribution in [3.63, 3.8) is 0 Å². The zero-order valence-electron chi connectivity index (χ0n) is 9.85. The van der Waals surface area contributed by atoms with Gasteiger partial charge in [-0.3, -0.25) is 0 Å². The molecule has 0 fully saturated rings. The molecule has 6 heteroatoms. The molecule has 0 atom stereocenters. The minimum Gasteiger partial charge on any atom is -0.366 e. The minimum absolute atomic E-state index is 0.213. The molecule has 19 heavy (non-hydrogen) atoms. The number of benzene rings is 1. The van der Waals surface area contributed by atoms with E-state index in [-0.39, 0.29) is 5.82 Å². The van der Waals surface area contributed by atoms with Crippen molar-refractivity contribution < 1.29 is 4.39 Å². The van der Waals surface area contributed by atoms with Crippen LogP contribution in [0.4, 0.5) is 10.2 Å². The van der Waals surface area contributed by atoms with Crippen LogP contribution in [0.15, 0.2) is 42.7 Å². The molecular formula is C13H10FIN4. The molecule has 0 radical (unpaired) electrons. The summed E-state index contributed by atoms with van der Waals surface area (Å²) in [5.74, 6) is 0.490. The van der Waals surface area contributed by atoms with E-state index in [1.54, 1.807) is 22.8 Å². The number of rotatable bonds is 3. The summed E-state index contributed by atoms with van der Waals surface area (Å²) in [4.78, 5) is 4.44. The Kier molecular flexibility index (Phi) is 3.33. The third kappa shape index (κ3) is 2.53. The highest BCUT2D eigenvalue weighted by molar-refractivity contribution is 14.1. The lowest BCUT2D eigenvalue weighted by atomic mass is 10.2. The van der Waals surface area contributed by atoms with Crippen LogP contribution in [0, 0.1) is 9.39 Å². The molecule has 0 unspecified atom stereocenters. The first-order valence-corrected chi connectivity index (χ1v) is 6.79. The molecule has 0 amide bonds. The van der Waals surface area contributed by atoms with Gasteiger partial charge in [-0.25, -0.2) is 13.9 Å². The zero-order valence-corrected chi connectivity index (χ0v) is 12.0. The highest BCUT2D eigenvalue weighted by Gasteiger charge is 2.05. The summed E-state index contributed by atoms with van der Waals surface area (Å²) >= 11 is 2.18. The topological polar surface area (TPSA) is 42.2 Å². The number of aromatic nitrogens is 3. The predicted octanol–water partition coefficient (Wildman–Crippen LogP) is 3.09. The average molecular weight is 368 g/mol. The standard InChI is InChI=1S/C13H10FIN4/c14-10-4-2-1-3-9(10)7-16-12-5-6-19-13(18-12)11(15)8-17-19/h1-6,8H,7H2,(H,16,18). The molecule has 0 aliphatic heterocycles. The lowest BCUT2D eigenvalue weighted by Gasteiger charge is -2.06. The summed E-state index contributed by atoms with van der Waals surface area (Å²) in [6.45, 7) is 0.403. The van der Waals surface area contributed by atoms with E-state index < -0.39 is 0 Å². The van der Waals surface area contributed by atoms with Gasteiger partial charge in [0.15, 0.2) is 5.65 Å². The molecule has 4 nitrogen and oxygen atoms in total. The molecule has 3 aromatic rings. The first-order chi connectivity index (χ1) is 9.24. The van der Waals surface area contributed by atoms with Gasteiger partial charge in [0.1, 0.15) is 11.6 Å². The van der Waals surface area contributed by atoms with E-state index in [2.05, 4.69) is 38.0 Å². The Bertz CT molecular complexity index is 725. The van der Waals surface area contributed by atoms with Gasteiger partial charge in [-0.1, -0.05) is 18.2 Å². The van der Waals surface area contributed by atoms with Crippen LogP contribution in [-0.4, -0.2) is 14.6 Å². The van der Waals surface area contributed by atoms with Gasteiger partial charge in [-0.05, 0) is 34.7 Å². The molecule has 0 saturated heterocycles. The third-order valence-corrected chi connectivity index (χ3v) is 3.50. The predicted molar refractivity (Wildman–Crippen MR) is 79.4 cm³/mol. The van der Waals surface area contributed by atoms with Crippen LogP contribution in [0.25, 0.3) is 5.65 Å². The fourth-order valence-corrected chi connectivity index (χ4v) is 2.26. The van der Waals surface area contributed by atoms with Crippen molar-refractivity contribution in [2.24, 2.45) is 0 Å². The Morgan fingerprint density at radius 3 is 2.95 bits per heavy atom. The van der Waals surface area contributed by atoms with Crippen LogP contribution in [0.2, 0.25) is 0 Å². The Morgan fingerprint density at radius 2 is 2.11 bits per heavy atom. The van der Waals surface area contributed by atoms with Crippen LogP contribution >= 0.6 is 22.6 Å². The number of nitrogens with one attached hydrogen (secondary N) is 1. The largest absolute Gasteiger partial charge is 0.366 e. The lowest BCUT2D eigenvalue weighted by Crippen LogP contribution is -2.04. The summed E-state index contributed by atoms with van der Waals surface area (Å²) in [5.41, 5.74) is 1.41. The maximum atomic E-state index is 13.5. The normalized spacial score (nSPS) is 10.8. The minimum atomic E-state index is -0.213. The Balaban J connectivity index is 1.82. The second-order valence-corrected chi connectivity index (χ2v) is 5.18. The summed E-state index contributed by atoms with van der Waals surface area (Å²) in [6.07, 6.45) is 3.58. The van der Waals surface area contributed by atoms with E-state index in [4.69, 9.17) is 0 Å². The highest BCUT2D eigenvalue weighted by Crippen LogP contribution is 2.14. The first kappa shape index (κ1) is 12.3. The Morgan fingerprint density at radius 1 is 1.26 bits per heavy atom. The Labute approximate surface area is 122 Å². The van der Waals surface area contributed by atoms with Crippen molar-refractivity contribution in [3.05, 3.63) is 57.7 Å². The summed E-state index contributed by atoms with van der Waals surface area (Å²) in [5, 5.41) is 7.27. The molecular weight excluding hydrogens is 358 g/mol. The second-order valence-electron chi connectivity index (χ2n) is 4.02. The number of halogens is 2. The van der Waals surface area contributed by atoms with Crippen LogP contribution < -0.4 is 5.32 Å². The van der Waals surface area contributed by atoms with Crippen molar-refractivity contribution in [2.75, 3.05) is 5.32 Å². The molecule has 0 spiro atoms. The van der Waals surface area contributed by atoms with E-state index in [0.29, 0.717) is 17.9 Å². The van der Waals surface area contributed by atoms with Gasteiger partial charge in [0.25, 0.3) is 0 Å². The number of hydrogen-bond donors (Lipinski definition) is 1. The molecule has 0 bridgehead atoms. The van der Waals surface area contributed by atoms with Gasteiger partial charge in [0, 0.05) is 18.3 Å². The molecule has 2 aromatic heterocycles. The summed E-state index contributed by atoms with van der Waals surface area (Å²) in [7, 11) is 0. The molecule has 3 rings (SSSR count). The van der Waals surface area contributed by atoms with E-state index in [9.17, 15) is 4.39 Å². The number of hydrogen-bond acceptors (Lipinski definition) is 3. The van der Waals surface area contributed by atoms with Gasteiger partial charge in [-0.2, -0.15) is 5.10 Å². The summed E-state index contributed by atoms with van der Waals surface area (Å²) in [6, 6.07) is 8.52. The molecule has 0 saturated carbocycles. The van der Waals surface area contributed by atoms with Gasteiger partial charge in [0.05, 0.1) is 9.77 Å². The van der Waals surface area contributed by atoms with Crippen LogP contribution in [0.5, 0.6) is 0 Å². The van der Waals surface area contributed by atoms with Crippen molar-refractivity contribution in [1.29, 1.82) is 0 Å². The first-order valence-electron chi connectivity index (χ1n) is 5.71. The van der Waals surface area contributed by atoms with Crippen molar-refractivity contribution >= 4 is 34.1 Å². The van der Waals surface area contributed by atoms with E-state index in [1.165, 1.54) is 6.07 Å². The molecule has 96 valence electrons. The molecule has 1 aromatic carbocycles. The lowest BCUT2D eigenvalue weighted by molar-refractivity contribution is 0.613. The maximum absolute atomic E-state index is 13.5. The number of anilines is 1. The van der Waals surface area contributed by atoms with Crippen LogP contribution in [0.1, 0.15) is 5.56 Å². The van der Waals surface area contributed by atoms with E-state index in [1.807, 2.05) is 18.3 Å². The summed E-state index contributed by atoms with van der Waals surface area (Å²) < 4.78 is 16.2. The monoisotopic (exact) mass is 368 g/mol. The van der Waals surface area contributed by atoms with Gasteiger partial charge in [-0.15, -0.1) is 0 Å². The number of nitrogens with zero attached hydrogens (tertiary/aromatic N) is 3. The van der Waals surface area contributed by atoms with Crippen molar-refractivity contribution in [3.8, 4) is 0 Å². The molecule has 1 N–H and O–H groups in total. The van der Waals surface area contributed by atoms with Gasteiger partial charge >= 0.3 is 0 Å². The van der Waals surface area contributed by atoms with Crippen molar-refractivity contribution in [1.82, 2.24) is 14.6 Å². The highest BCUT2D eigenvalue weighted by atomic mass is 127. The van der Waals surface area contributed by atoms with Gasteiger partial charge in [0.2, 0.25) is 0 Å². The molecule has 0 aliphatic carbocycles. The van der Waals surface area contributed by atoms with Crippen molar-refractivity contribution in [2.45, 2.75) is 6.54 Å². The Hall–Kier alpha value is -1.70. The fraction of sp³-hybridized carbons (Fsp3) is 0.0769. The zero-order chi connectivity index (χ0) is 13.2. The van der Waals surface area contributed by atoms with Gasteiger partial charge < -0.3 is 5.32 Å². The third-order valence-electron chi connectivity index (χ3n) is 2.74. The van der Waals surface area contributed by atoms with E-state index in [0.717, 1.165) is 9.22 Å².